The van der Waals surface area contributed by atoms with E-state index in [1.165, 1.54) is 6.20 Å². The topological polar surface area (TPSA) is 50.9 Å². The van der Waals surface area contributed by atoms with Crippen molar-refractivity contribution in [2.45, 2.75) is 13.0 Å². The van der Waals surface area contributed by atoms with Crippen molar-refractivity contribution in [1.82, 2.24) is 10.3 Å². The van der Waals surface area contributed by atoms with Crippen LogP contribution in [0.3, 0.4) is 0 Å². The van der Waals surface area contributed by atoms with Crippen LogP contribution in [-0.4, -0.2) is 12.0 Å². The van der Waals surface area contributed by atoms with Crippen molar-refractivity contribution in [1.29, 1.82) is 0 Å². The van der Waals surface area contributed by atoms with E-state index in [4.69, 9.17) is 9.85 Å². The predicted molar refractivity (Wildman–Crippen MR) is 46.1 cm³/mol. The molecule has 0 radical (unpaired) electrons. The zero-order valence-electron chi connectivity index (χ0n) is 9.33. The van der Waals surface area contributed by atoms with Crippen molar-refractivity contribution in [2.24, 2.45) is 0 Å². The molecule has 1 aromatic rings. The van der Waals surface area contributed by atoms with E-state index in [9.17, 15) is 0 Å². The molecule has 0 bridgehead atoms. The Morgan fingerprint density at radius 1 is 1.73 bits per heavy atom. The average Bonchev–Trinajstić information content (AvgIpc) is 2.01. The van der Waals surface area contributed by atoms with E-state index in [1.807, 2.05) is 0 Å². The predicted octanol–water partition coefficient (Wildman–Crippen LogP) is 0.944. The van der Waals surface area contributed by atoms with Crippen LogP contribution in [0.15, 0.2) is 18.5 Å². The summed E-state index contributed by atoms with van der Waals surface area (Å²) in [5, 5.41) is 2.47. The smallest absolute Gasteiger partial charge is 0.0503 e. The van der Waals surface area contributed by atoms with Crippen LogP contribution in [-0.2, 0) is 0 Å². The monoisotopic (exact) mass is 154 g/mol. The molecule has 1 heterocycles. The van der Waals surface area contributed by atoms with E-state index in [0.717, 1.165) is 5.56 Å². The number of nitrogens with zero attached hydrogens (tertiary/aromatic N) is 1. The summed E-state index contributed by atoms with van der Waals surface area (Å²) < 4.78 is 21.1. The van der Waals surface area contributed by atoms with Crippen molar-refractivity contribution in [3.05, 3.63) is 24.0 Å². The molecule has 0 aliphatic carbocycles. The molecule has 0 saturated carbocycles. The second-order valence-electron chi connectivity index (χ2n) is 2.42. The van der Waals surface area contributed by atoms with Gasteiger partial charge in [-0.15, -0.1) is 0 Å². The Kier molecular flexibility index (Phi) is 1.44. The van der Waals surface area contributed by atoms with Crippen LogP contribution in [0, 0.1) is 0 Å². The van der Waals surface area contributed by atoms with Crippen LogP contribution in [0.1, 0.15) is 22.6 Å². The fourth-order valence-electron chi connectivity index (χ4n) is 0.797. The average molecular weight is 154 g/mol. The van der Waals surface area contributed by atoms with Gasteiger partial charge in [-0.25, -0.2) is 0 Å². The van der Waals surface area contributed by atoms with Crippen LogP contribution in [0.4, 0.5) is 5.69 Å². The second-order valence-corrected chi connectivity index (χ2v) is 2.42. The normalized spacial score (nSPS) is 18.1. The molecule has 3 N–H and O–H groups in total. The molecular weight excluding hydrogens is 138 g/mol. The maximum Gasteiger partial charge on any atom is 0.0503 e. The molecule has 0 amide bonds. The number of hydrogen-bond donors (Lipinski definition) is 2. The molecule has 0 aliphatic heterocycles. The standard InChI is InChI=1S/C8H13N3/c1-6(10-2)7-3-8(9)5-11-4-7/h3-6,10H,9H2,1-2H3/t6-/m1/s1/i2D3. The summed E-state index contributed by atoms with van der Waals surface area (Å²) in [5.41, 5.74) is 6.82. The molecule has 11 heavy (non-hydrogen) atoms. The van der Waals surface area contributed by atoms with Gasteiger partial charge in [0.1, 0.15) is 0 Å². The SMILES string of the molecule is [2H]C([2H])([2H])N[C@H](C)c1cncc(N)c1. The van der Waals surface area contributed by atoms with Gasteiger partial charge >= 0.3 is 0 Å². The number of rotatable bonds is 2. The number of aromatic nitrogens is 1. The van der Waals surface area contributed by atoms with Gasteiger partial charge < -0.3 is 11.1 Å². The minimum atomic E-state index is -2.15. The van der Waals surface area contributed by atoms with Crippen LogP contribution in [0.25, 0.3) is 0 Å². The highest BCUT2D eigenvalue weighted by atomic mass is 14.9. The molecule has 3 nitrogen and oxygen atoms in total. The summed E-state index contributed by atoms with van der Waals surface area (Å²) in [6.07, 6.45) is 3.12. The highest BCUT2D eigenvalue weighted by Gasteiger charge is 2.01. The molecule has 1 aromatic heterocycles. The third kappa shape index (κ3) is 1.91. The Morgan fingerprint density at radius 2 is 2.55 bits per heavy atom. The summed E-state index contributed by atoms with van der Waals surface area (Å²) in [7, 11) is 0. The lowest BCUT2D eigenvalue weighted by Crippen LogP contribution is -2.12. The summed E-state index contributed by atoms with van der Waals surface area (Å²) in [5.74, 6) is 0. The first-order chi connectivity index (χ1) is 6.38. The molecule has 0 fully saturated rings. The van der Waals surface area contributed by atoms with Gasteiger partial charge in [-0.2, -0.15) is 0 Å². The third-order valence-corrected chi connectivity index (χ3v) is 1.50. The third-order valence-electron chi connectivity index (χ3n) is 1.50. The Balaban J connectivity index is 2.74. The van der Waals surface area contributed by atoms with Gasteiger partial charge in [-0.05, 0) is 25.5 Å². The van der Waals surface area contributed by atoms with Crippen LogP contribution >= 0.6 is 0 Å². The Bertz CT molecular complexity index is 311. The summed E-state index contributed by atoms with van der Waals surface area (Å²) >= 11 is 0. The molecule has 60 valence electrons. The van der Waals surface area contributed by atoms with E-state index in [2.05, 4.69) is 10.3 Å². The molecule has 0 spiro atoms. The van der Waals surface area contributed by atoms with Gasteiger partial charge in [0.15, 0.2) is 0 Å². The number of nitrogen functional groups attached to an aromatic ring is 1. The van der Waals surface area contributed by atoms with Crippen molar-refractivity contribution in [3.8, 4) is 0 Å². The molecule has 3 heteroatoms. The minimum Gasteiger partial charge on any atom is -0.397 e. The van der Waals surface area contributed by atoms with Gasteiger partial charge in [0, 0.05) is 22.5 Å². The highest BCUT2D eigenvalue weighted by Crippen LogP contribution is 2.12. The van der Waals surface area contributed by atoms with Crippen molar-refractivity contribution in [2.75, 3.05) is 12.7 Å². The first-order valence-corrected chi connectivity index (χ1v) is 3.36. The van der Waals surface area contributed by atoms with Crippen LogP contribution < -0.4 is 11.1 Å². The zero-order valence-corrected chi connectivity index (χ0v) is 6.33. The van der Waals surface area contributed by atoms with E-state index in [0.29, 0.717) is 5.69 Å². The molecule has 0 aliphatic rings. The van der Waals surface area contributed by atoms with Crippen molar-refractivity contribution >= 4 is 5.69 Å². The zero-order chi connectivity index (χ0) is 10.8. The molecule has 1 rings (SSSR count). The number of nitrogens with two attached hydrogens (primary N) is 1. The molecular formula is C8H13N3. The second kappa shape index (κ2) is 3.34. The lowest BCUT2D eigenvalue weighted by molar-refractivity contribution is 0.650. The summed E-state index contributed by atoms with van der Waals surface area (Å²) in [4.78, 5) is 3.89. The Labute approximate surface area is 70.9 Å². The first-order valence-electron chi connectivity index (χ1n) is 4.86. The Hall–Kier alpha value is -1.09. The summed E-state index contributed by atoms with van der Waals surface area (Å²) in [6, 6.07) is 1.41. The maximum absolute atomic E-state index is 7.04. The van der Waals surface area contributed by atoms with Gasteiger partial charge in [0.2, 0.25) is 0 Å². The molecule has 1 atom stereocenters. The first kappa shape index (κ1) is 4.72. The fourth-order valence-corrected chi connectivity index (χ4v) is 0.797. The van der Waals surface area contributed by atoms with E-state index < -0.39 is 6.98 Å². The fraction of sp³-hybridized carbons (Fsp3) is 0.375. The van der Waals surface area contributed by atoms with Gasteiger partial charge in [-0.1, -0.05) is 0 Å². The lowest BCUT2D eigenvalue weighted by atomic mass is 10.1. The number of anilines is 1. The number of nitrogens with one attached hydrogen (secondary N) is 1. The molecule has 0 saturated heterocycles. The highest BCUT2D eigenvalue weighted by molar-refractivity contribution is 5.37. The van der Waals surface area contributed by atoms with Crippen LogP contribution in [0.2, 0.25) is 0 Å². The number of hydrogen-bond acceptors (Lipinski definition) is 3. The molecule has 0 unspecified atom stereocenters. The van der Waals surface area contributed by atoms with E-state index >= 15 is 0 Å². The quantitative estimate of drug-likeness (QED) is 0.666. The maximum atomic E-state index is 7.04. The van der Waals surface area contributed by atoms with E-state index in [-0.39, 0.29) is 6.04 Å². The van der Waals surface area contributed by atoms with Gasteiger partial charge in [0.25, 0.3) is 0 Å². The lowest BCUT2D eigenvalue weighted by Gasteiger charge is -2.09. The Morgan fingerprint density at radius 3 is 3.18 bits per heavy atom. The molecule has 0 aromatic carbocycles. The van der Waals surface area contributed by atoms with Crippen molar-refractivity contribution < 1.29 is 4.11 Å². The van der Waals surface area contributed by atoms with Crippen LogP contribution in [0.5, 0.6) is 0 Å². The summed E-state index contributed by atoms with van der Waals surface area (Å²) in [6.45, 7) is -0.396. The van der Waals surface area contributed by atoms with Gasteiger partial charge in [-0.3, -0.25) is 4.98 Å². The van der Waals surface area contributed by atoms with Gasteiger partial charge in [0.05, 0.1) is 5.69 Å². The largest absolute Gasteiger partial charge is 0.397 e. The number of pyridine rings is 1. The van der Waals surface area contributed by atoms with Crippen molar-refractivity contribution in [3.63, 3.8) is 0 Å². The van der Waals surface area contributed by atoms with E-state index in [1.54, 1.807) is 19.2 Å². The minimum absolute atomic E-state index is 0.293.